The molecule has 0 saturated carbocycles. The zero-order valence-electron chi connectivity index (χ0n) is 15.7. The van der Waals surface area contributed by atoms with Crippen molar-refractivity contribution in [2.24, 2.45) is 0 Å². The molecule has 0 N–H and O–H groups in total. The van der Waals surface area contributed by atoms with Crippen molar-refractivity contribution >= 4 is 15.9 Å². The number of hydrogen-bond donors (Lipinski definition) is 0. The highest BCUT2D eigenvalue weighted by Gasteiger charge is 2.23. The average molecular weight is 391 g/mol. The highest BCUT2D eigenvalue weighted by molar-refractivity contribution is 7.89. The Bertz CT molecular complexity index is 855. The van der Waals surface area contributed by atoms with E-state index in [2.05, 4.69) is 10.00 Å². The van der Waals surface area contributed by atoms with E-state index in [1.807, 2.05) is 21.8 Å². The van der Waals surface area contributed by atoms with Crippen LogP contribution in [0, 0.1) is 0 Å². The molecule has 2 aromatic rings. The fourth-order valence-electron chi connectivity index (χ4n) is 3.01. The molecule has 3 rings (SSSR count). The summed E-state index contributed by atoms with van der Waals surface area (Å²) in [6, 6.07) is 8.06. The van der Waals surface area contributed by atoms with Gasteiger partial charge >= 0.3 is 0 Å². The van der Waals surface area contributed by atoms with Crippen LogP contribution in [0.2, 0.25) is 0 Å². The largest absolute Gasteiger partial charge is 0.336 e. The van der Waals surface area contributed by atoms with Gasteiger partial charge in [-0.1, -0.05) is 0 Å². The van der Waals surface area contributed by atoms with E-state index in [0.717, 1.165) is 30.5 Å². The minimum absolute atomic E-state index is 0.0597. The molecule has 1 fully saturated rings. The Morgan fingerprint density at radius 2 is 1.74 bits per heavy atom. The van der Waals surface area contributed by atoms with Gasteiger partial charge in [0.15, 0.2) is 0 Å². The number of nitrogens with zero attached hydrogens (tertiary/aromatic N) is 5. The van der Waals surface area contributed by atoms with Gasteiger partial charge in [0.05, 0.1) is 11.4 Å². The molecule has 27 heavy (non-hydrogen) atoms. The van der Waals surface area contributed by atoms with E-state index in [4.69, 9.17) is 0 Å². The maximum atomic E-state index is 12.7. The van der Waals surface area contributed by atoms with Gasteiger partial charge in [-0.2, -0.15) is 5.10 Å². The third kappa shape index (κ3) is 4.55. The van der Waals surface area contributed by atoms with Crippen LogP contribution in [0.4, 0.5) is 0 Å². The van der Waals surface area contributed by atoms with Crippen molar-refractivity contribution in [2.45, 2.75) is 11.4 Å². The van der Waals surface area contributed by atoms with E-state index in [9.17, 15) is 13.2 Å². The lowest BCUT2D eigenvalue weighted by Gasteiger charge is -2.34. The second-order valence-electron chi connectivity index (χ2n) is 6.71. The van der Waals surface area contributed by atoms with E-state index in [1.165, 1.54) is 26.2 Å². The molecule has 1 aliphatic heterocycles. The first-order chi connectivity index (χ1) is 12.9. The summed E-state index contributed by atoms with van der Waals surface area (Å²) in [5.74, 6) is -0.0597. The van der Waals surface area contributed by atoms with Crippen LogP contribution in [0.3, 0.4) is 0 Å². The van der Waals surface area contributed by atoms with Crippen LogP contribution < -0.4 is 0 Å². The van der Waals surface area contributed by atoms with Gasteiger partial charge in [-0.05, 0) is 30.3 Å². The van der Waals surface area contributed by atoms with Crippen LogP contribution in [-0.2, 0) is 16.6 Å². The van der Waals surface area contributed by atoms with Gasteiger partial charge in [0.1, 0.15) is 0 Å². The van der Waals surface area contributed by atoms with E-state index in [1.54, 1.807) is 18.3 Å². The Kier molecular flexibility index (Phi) is 5.93. The first-order valence-corrected chi connectivity index (χ1v) is 10.3. The summed E-state index contributed by atoms with van der Waals surface area (Å²) in [4.78, 5) is 17.0. The molecule has 1 aromatic carbocycles. The lowest BCUT2D eigenvalue weighted by Crippen LogP contribution is -2.49. The summed E-state index contributed by atoms with van der Waals surface area (Å²) >= 11 is 0. The molecule has 9 heteroatoms. The standard InChI is InChI=1S/C18H25N5O3S/c1-20(2)27(25,26)17-6-4-16(5-7-17)18(24)22-13-10-21(11-14-22)12-15-23-9-3-8-19-23/h3-9H,10-15H2,1-2H3. The summed E-state index contributed by atoms with van der Waals surface area (Å²) in [7, 11) is -0.509. The van der Waals surface area contributed by atoms with Gasteiger partial charge in [0.25, 0.3) is 5.91 Å². The molecule has 2 heterocycles. The van der Waals surface area contributed by atoms with Crippen LogP contribution in [0.5, 0.6) is 0 Å². The Morgan fingerprint density at radius 1 is 1.07 bits per heavy atom. The van der Waals surface area contributed by atoms with Gasteiger partial charge in [0.2, 0.25) is 10.0 Å². The lowest BCUT2D eigenvalue weighted by molar-refractivity contribution is 0.0632. The lowest BCUT2D eigenvalue weighted by atomic mass is 10.2. The molecule has 0 aliphatic carbocycles. The third-order valence-electron chi connectivity index (χ3n) is 4.74. The van der Waals surface area contributed by atoms with Crippen molar-refractivity contribution in [3.05, 3.63) is 48.3 Å². The molecule has 0 atom stereocenters. The summed E-state index contributed by atoms with van der Waals surface area (Å²) in [5, 5.41) is 4.20. The highest BCUT2D eigenvalue weighted by Crippen LogP contribution is 2.16. The molecule has 0 unspecified atom stereocenters. The first kappa shape index (κ1) is 19.5. The van der Waals surface area contributed by atoms with E-state index in [-0.39, 0.29) is 10.8 Å². The third-order valence-corrected chi connectivity index (χ3v) is 6.57. The number of carbonyl (C=O) groups is 1. The minimum atomic E-state index is -3.48. The number of piperazine rings is 1. The van der Waals surface area contributed by atoms with Gasteiger partial charge in [-0.3, -0.25) is 14.4 Å². The molecule has 1 saturated heterocycles. The monoisotopic (exact) mass is 391 g/mol. The molecule has 0 radical (unpaired) electrons. The molecule has 0 spiro atoms. The Hall–Kier alpha value is -2.23. The second-order valence-corrected chi connectivity index (χ2v) is 8.87. The number of hydrogen-bond acceptors (Lipinski definition) is 5. The molecule has 8 nitrogen and oxygen atoms in total. The highest BCUT2D eigenvalue weighted by atomic mass is 32.2. The maximum Gasteiger partial charge on any atom is 0.253 e. The zero-order valence-corrected chi connectivity index (χ0v) is 16.5. The predicted octanol–water partition coefficient (Wildman–Crippen LogP) is 0.591. The molecular formula is C18H25N5O3S. The van der Waals surface area contributed by atoms with Gasteiger partial charge in [-0.15, -0.1) is 0 Å². The van der Waals surface area contributed by atoms with E-state index < -0.39 is 10.0 Å². The van der Waals surface area contributed by atoms with Crippen LogP contribution in [0.1, 0.15) is 10.4 Å². The topological polar surface area (TPSA) is 78.8 Å². The van der Waals surface area contributed by atoms with Crippen molar-refractivity contribution in [1.29, 1.82) is 0 Å². The van der Waals surface area contributed by atoms with Crippen LogP contribution in [0.15, 0.2) is 47.6 Å². The van der Waals surface area contributed by atoms with Crippen LogP contribution >= 0.6 is 0 Å². The fourth-order valence-corrected chi connectivity index (χ4v) is 3.92. The quantitative estimate of drug-likeness (QED) is 0.720. The van der Waals surface area contributed by atoms with E-state index >= 15 is 0 Å². The summed E-state index contributed by atoms with van der Waals surface area (Å²) in [5.41, 5.74) is 0.512. The van der Waals surface area contributed by atoms with Crippen LogP contribution in [0.25, 0.3) is 0 Å². The maximum absolute atomic E-state index is 12.7. The molecular weight excluding hydrogens is 366 g/mol. The second kappa shape index (κ2) is 8.20. The normalized spacial score (nSPS) is 16.0. The van der Waals surface area contributed by atoms with Crippen molar-refractivity contribution in [3.8, 4) is 0 Å². The fraction of sp³-hybridized carbons (Fsp3) is 0.444. The van der Waals surface area contributed by atoms with Crippen molar-refractivity contribution in [1.82, 2.24) is 23.9 Å². The van der Waals surface area contributed by atoms with Crippen molar-refractivity contribution in [2.75, 3.05) is 46.8 Å². The van der Waals surface area contributed by atoms with E-state index in [0.29, 0.717) is 18.7 Å². The van der Waals surface area contributed by atoms with Crippen molar-refractivity contribution < 1.29 is 13.2 Å². The summed E-state index contributed by atoms with van der Waals surface area (Å²) in [6.45, 7) is 4.70. The number of carbonyl (C=O) groups excluding carboxylic acids is 1. The summed E-state index contributed by atoms with van der Waals surface area (Å²) < 4.78 is 27.3. The Balaban J connectivity index is 1.54. The van der Waals surface area contributed by atoms with Crippen LogP contribution in [-0.4, -0.2) is 85.0 Å². The van der Waals surface area contributed by atoms with Gasteiger partial charge in [0, 0.05) is 64.8 Å². The summed E-state index contributed by atoms with van der Waals surface area (Å²) in [6.07, 6.45) is 3.71. The number of aromatic nitrogens is 2. The van der Waals surface area contributed by atoms with Crippen molar-refractivity contribution in [3.63, 3.8) is 0 Å². The Labute approximate surface area is 160 Å². The average Bonchev–Trinajstić information content (AvgIpc) is 3.20. The zero-order chi connectivity index (χ0) is 19.4. The number of rotatable bonds is 6. The number of amides is 1. The van der Waals surface area contributed by atoms with Gasteiger partial charge in [-0.25, -0.2) is 12.7 Å². The molecule has 0 bridgehead atoms. The molecule has 1 aromatic heterocycles. The number of sulfonamides is 1. The smallest absolute Gasteiger partial charge is 0.253 e. The number of benzene rings is 1. The molecule has 1 aliphatic rings. The minimum Gasteiger partial charge on any atom is -0.336 e. The predicted molar refractivity (Wildman–Crippen MR) is 102 cm³/mol. The SMILES string of the molecule is CN(C)S(=O)(=O)c1ccc(C(=O)N2CCN(CCn3cccn3)CC2)cc1. The van der Waals surface area contributed by atoms with Gasteiger partial charge < -0.3 is 4.90 Å². The molecule has 146 valence electrons. The Morgan fingerprint density at radius 3 is 2.30 bits per heavy atom. The molecule has 1 amide bonds. The first-order valence-electron chi connectivity index (χ1n) is 8.89.